The monoisotopic (exact) mass is 223 g/mol. The number of anilines is 1. The fourth-order valence-electron chi connectivity index (χ4n) is 2.16. The summed E-state index contributed by atoms with van der Waals surface area (Å²) in [6.45, 7) is 0.235. The number of nitrogens with one attached hydrogen (secondary N) is 1. The molecule has 1 aromatic rings. The second-order valence-corrected chi connectivity index (χ2v) is 4.39. The highest BCUT2D eigenvalue weighted by atomic mass is 16.3. The summed E-state index contributed by atoms with van der Waals surface area (Å²) in [4.78, 5) is 15.7. The molecule has 1 aromatic heterocycles. The van der Waals surface area contributed by atoms with E-state index >= 15 is 0 Å². The number of hydrogen-bond acceptors (Lipinski definition) is 4. The van der Waals surface area contributed by atoms with Gasteiger partial charge in [0.25, 0.3) is 5.56 Å². The summed E-state index contributed by atoms with van der Waals surface area (Å²) >= 11 is 0. The van der Waals surface area contributed by atoms with Crippen LogP contribution in [0.4, 0.5) is 5.82 Å². The average molecular weight is 223 g/mol. The van der Waals surface area contributed by atoms with Crippen LogP contribution in [0.15, 0.2) is 17.2 Å². The Kier molecular flexibility index (Phi) is 3.24. The number of aliphatic hydroxyl groups is 1. The van der Waals surface area contributed by atoms with Crippen LogP contribution in [0.5, 0.6) is 0 Å². The quantitative estimate of drug-likeness (QED) is 0.776. The van der Waals surface area contributed by atoms with Gasteiger partial charge in [-0.25, -0.2) is 4.98 Å². The molecule has 1 aliphatic rings. The van der Waals surface area contributed by atoms with Gasteiger partial charge in [-0.3, -0.25) is 4.79 Å². The summed E-state index contributed by atoms with van der Waals surface area (Å²) in [5, 5.41) is 12.2. The third kappa shape index (κ3) is 2.24. The molecule has 2 rings (SSSR count). The van der Waals surface area contributed by atoms with E-state index in [0.717, 1.165) is 19.3 Å². The Morgan fingerprint density at radius 3 is 3.12 bits per heavy atom. The van der Waals surface area contributed by atoms with Crippen LogP contribution in [0.2, 0.25) is 0 Å². The highest BCUT2D eigenvalue weighted by molar-refractivity contribution is 5.32. The molecular weight excluding hydrogens is 206 g/mol. The summed E-state index contributed by atoms with van der Waals surface area (Å²) < 4.78 is 1.51. The molecule has 0 saturated heterocycles. The predicted molar refractivity (Wildman–Crippen MR) is 61.3 cm³/mol. The largest absolute Gasteiger partial charge is 0.396 e. The van der Waals surface area contributed by atoms with Crippen molar-refractivity contribution >= 4 is 5.82 Å². The van der Waals surface area contributed by atoms with Crippen molar-refractivity contribution in [3.05, 3.63) is 22.7 Å². The second-order valence-electron chi connectivity index (χ2n) is 4.39. The Balaban J connectivity index is 2.05. The van der Waals surface area contributed by atoms with Crippen LogP contribution in [0.3, 0.4) is 0 Å². The molecule has 0 amide bonds. The van der Waals surface area contributed by atoms with Crippen molar-refractivity contribution in [1.82, 2.24) is 9.55 Å². The standard InChI is InChI=1S/C11H17N3O2/c1-14-5-4-12-10(11(14)16)13-9-3-2-8(6-9)7-15/h4-5,8-9,15H,2-3,6-7H2,1H3,(H,12,13)/t8-,9+/m1/s1. The summed E-state index contributed by atoms with van der Waals surface area (Å²) in [7, 11) is 1.71. The molecule has 1 aliphatic carbocycles. The van der Waals surface area contributed by atoms with Crippen LogP contribution < -0.4 is 10.9 Å². The molecular formula is C11H17N3O2. The van der Waals surface area contributed by atoms with Gasteiger partial charge in [0.15, 0.2) is 5.82 Å². The lowest BCUT2D eigenvalue weighted by atomic mass is 10.1. The molecule has 5 nitrogen and oxygen atoms in total. The smallest absolute Gasteiger partial charge is 0.293 e. The number of aromatic nitrogens is 2. The molecule has 0 bridgehead atoms. The number of hydrogen-bond donors (Lipinski definition) is 2. The van der Waals surface area contributed by atoms with Crippen molar-refractivity contribution in [1.29, 1.82) is 0 Å². The normalized spacial score (nSPS) is 24.6. The van der Waals surface area contributed by atoms with E-state index in [1.807, 2.05) is 0 Å². The first-order valence-electron chi connectivity index (χ1n) is 5.59. The fraction of sp³-hybridized carbons (Fsp3) is 0.636. The summed E-state index contributed by atoms with van der Waals surface area (Å²) in [6, 6.07) is 0.264. The third-order valence-corrected chi connectivity index (χ3v) is 3.16. The zero-order valence-corrected chi connectivity index (χ0v) is 9.39. The van der Waals surface area contributed by atoms with Crippen LogP contribution in [0.1, 0.15) is 19.3 Å². The predicted octanol–water partition coefficient (Wildman–Crippen LogP) is 0.353. The summed E-state index contributed by atoms with van der Waals surface area (Å²) in [5.41, 5.74) is -0.102. The maximum absolute atomic E-state index is 11.7. The Morgan fingerprint density at radius 2 is 2.44 bits per heavy atom. The Bertz CT molecular complexity index is 416. The Labute approximate surface area is 94.1 Å². The first-order chi connectivity index (χ1) is 7.70. The van der Waals surface area contributed by atoms with Crippen LogP contribution in [-0.4, -0.2) is 27.3 Å². The number of rotatable bonds is 3. The van der Waals surface area contributed by atoms with E-state index in [9.17, 15) is 4.79 Å². The highest BCUT2D eigenvalue weighted by Gasteiger charge is 2.24. The van der Waals surface area contributed by atoms with Gasteiger partial charge >= 0.3 is 0 Å². The lowest BCUT2D eigenvalue weighted by Crippen LogP contribution is -2.26. The first kappa shape index (κ1) is 11.1. The topological polar surface area (TPSA) is 67.2 Å². The van der Waals surface area contributed by atoms with E-state index in [1.54, 1.807) is 19.4 Å². The van der Waals surface area contributed by atoms with Crippen molar-refractivity contribution in [3.63, 3.8) is 0 Å². The SMILES string of the molecule is Cn1ccnc(N[C@H]2CC[C@@H](CO)C2)c1=O. The molecule has 0 radical (unpaired) electrons. The maximum Gasteiger partial charge on any atom is 0.293 e. The van der Waals surface area contributed by atoms with Crippen LogP contribution in [0, 0.1) is 5.92 Å². The van der Waals surface area contributed by atoms with Gasteiger partial charge in [-0.05, 0) is 25.2 Å². The van der Waals surface area contributed by atoms with E-state index in [2.05, 4.69) is 10.3 Å². The van der Waals surface area contributed by atoms with Crippen molar-refractivity contribution in [2.75, 3.05) is 11.9 Å². The maximum atomic E-state index is 11.7. The molecule has 2 atom stereocenters. The van der Waals surface area contributed by atoms with E-state index < -0.39 is 0 Å². The average Bonchev–Trinajstić information content (AvgIpc) is 2.73. The third-order valence-electron chi connectivity index (χ3n) is 3.16. The van der Waals surface area contributed by atoms with E-state index in [1.165, 1.54) is 4.57 Å². The minimum absolute atomic E-state index is 0.102. The zero-order chi connectivity index (χ0) is 11.5. The lowest BCUT2D eigenvalue weighted by molar-refractivity contribution is 0.229. The van der Waals surface area contributed by atoms with E-state index in [-0.39, 0.29) is 18.2 Å². The Hall–Kier alpha value is -1.36. The van der Waals surface area contributed by atoms with Crippen LogP contribution in [0.25, 0.3) is 0 Å². The van der Waals surface area contributed by atoms with Gasteiger partial charge in [-0.1, -0.05) is 0 Å². The van der Waals surface area contributed by atoms with E-state index in [0.29, 0.717) is 11.7 Å². The molecule has 1 fully saturated rings. The molecule has 5 heteroatoms. The van der Waals surface area contributed by atoms with Crippen molar-refractivity contribution in [2.24, 2.45) is 13.0 Å². The molecule has 88 valence electrons. The van der Waals surface area contributed by atoms with E-state index in [4.69, 9.17) is 5.11 Å². The van der Waals surface area contributed by atoms with Gasteiger partial charge < -0.3 is 15.0 Å². The van der Waals surface area contributed by atoms with Crippen molar-refractivity contribution in [2.45, 2.75) is 25.3 Å². The fourth-order valence-corrected chi connectivity index (χ4v) is 2.16. The van der Waals surface area contributed by atoms with Gasteiger partial charge in [-0.2, -0.15) is 0 Å². The van der Waals surface area contributed by atoms with Crippen molar-refractivity contribution in [3.8, 4) is 0 Å². The number of aliphatic hydroxyl groups excluding tert-OH is 1. The molecule has 16 heavy (non-hydrogen) atoms. The summed E-state index contributed by atoms with van der Waals surface area (Å²) in [6.07, 6.45) is 6.17. The van der Waals surface area contributed by atoms with Crippen LogP contribution >= 0.6 is 0 Å². The van der Waals surface area contributed by atoms with Gasteiger partial charge in [0, 0.05) is 32.1 Å². The number of aryl methyl sites for hydroxylation is 1. The minimum Gasteiger partial charge on any atom is -0.396 e. The van der Waals surface area contributed by atoms with Gasteiger partial charge in [-0.15, -0.1) is 0 Å². The molecule has 0 spiro atoms. The lowest BCUT2D eigenvalue weighted by Gasteiger charge is -2.13. The Morgan fingerprint density at radius 1 is 1.62 bits per heavy atom. The second kappa shape index (κ2) is 4.65. The molecule has 0 unspecified atom stereocenters. The molecule has 1 heterocycles. The van der Waals surface area contributed by atoms with Crippen molar-refractivity contribution < 1.29 is 5.11 Å². The highest BCUT2D eigenvalue weighted by Crippen LogP contribution is 2.26. The molecule has 2 N–H and O–H groups in total. The molecule has 0 aliphatic heterocycles. The van der Waals surface area contributed by atoms with Crippen LogP contribution in [-0.2, 0) is 7.05 Å². The molecule has 0 aromatic carbocycles. The minimum atomic E-state index is -0.102. The number of nitrogens with zero attached hydrogens (tertiary/aromatic N) is 2. The zero-order valence-electron chi connectivity index (χ0n) is 9.39. The van der Waals surface area contributed by atoms with Gasteiger partial charge in [0.2, 0.25) is 0 Å². The molecule has 1 saturated carbocycles. The van der Waals surface area contributed by atoms with Gasteiger partial charge in [0.05, 0.1) is 0 Å². The summed E-state index contributed by atoms with van der Waals surface area (Å²) in [5.74, 6) is 0.777. The van der Waals surface area contributed by atoms with Gasteiger partial charge in [0.1, 0.15) is 0 Å². The first-order valence-corrected chi connectivity index (χ1v) is 5.59.